The van der Waals surface area contributed by atoms with Crippen LogP contribution in [-0.2, 0) is 22.7 Å². The van der Waals surface area contributed by atoms with Crippen LogP contribution in [0.4, 0.5) is 31.5 Å². The average molecular weight is 683 g/mol. The van der Waals surface area contributed by atoms with E-state index in [0.29, 0.717) is 24.6 Å². The summed E-state index contributed by atoms with van der Waals surface area (Å²) in [6.07, 6.45) is -4.71. The highest BCUT2D eigenvalue weighted by molar-refractivity contribution is 7.18. The molecule has 0 spiro atoms. The highest BCUT2D eigenvalue weighted by Crippen LogP contribution is 2.30. The number of carbonyl (C=O) groups is 3. The van der Waals surface area contributed by atoms with Gasteiger partial charge in [-0.15, -0.1) is 0 Å². The Morgan fingerprint density at radius 1 is 0.851 bits per heavy atom. The molecule has 248 valence electrons. The van der Waals surface area contributed by atoms with E-state index >= 15 is 0 Å². The summed E-state index contributed by atoms with van der Waals surface area (Å²) in [7, 11) is 0. The van der Waals surface area contributed by atoms with Crippen LogP contribution in [-0.4, -0.2) is 59.8 Å². The number of hydrogen-bond acceptors (Lipinski definition) is 8. The molecule has 4 heterocycles. The average Bonchev–Trinajstić information content (AvgIpc) is 3.65. The number of thiazole rings is 1. The Balaban J connectivity index is 0.000000360. The number of aryl methyl sites for hydroxylation is 1. The van der Waals surface area contributed by atoms with E-state index in [9.17, 15) is 31.1 Å². The van der Waals surface area contributed by atoms with Gasteiger partial charge in [-0.2, -0.15) is 26.3 Å². The first-order valence-corrected chi connectivity index (χ1v) is 13.9. The summed E-state index contributed by atoms with van der Waals surface area (Å²) in [5.74, 6) is -5.03. The number of carboxylic acids is 2. The number of imidazole rings is 1. The van der Waals surface area contributed by atoms with Crippen molar-refractivity contribution in [2.45, 2.75) is 32.4 Å². The minimum Gasteiger partial charge on any atom is -0.475 e. The number of aliphatic carboxylic acids is 2. The summed E-state index contributed by atoms with van der Waals surface area (Å²) >= 11 is 1.49. The third-order valence-corrected chi connectivity index (χ3v) is 6.65. The summed E-state index contributed by atoms with van der Waals surface area (Å²) < 4.78 is 65.4. The van der Waals surface area contributed by atoms with Gasteiger partial charge in [0.2, 0.25) is 0 Å². The van der Waals surface area contributed by atoms with Gasteiger partial charge < -0.3 is 20.8 Å². The van der Waals surface area contributed by atoms with Gasteiger partial charge in [-0.3, -0.25) is 14.2 Å². The molecule has 0 saturated carbocycles. The van der Waals surface area contributed by atoms with E-state index in [1.54, 1.807) is 12.4 Å². The van der Waals surface area contributed by atoms with Gasteiger partial charge in [0, 0.05) is 18.9 Å². The van der Waals surface area contributed by atoms with Crippen molar-refractivity contribution < 1.29 is 50.9 Å². The lowest BCUT2D eigenvalue weighted by molar-refractivity contribution is -0.193. The van der Waals surface area contributed by atoms with Crippen LogP contribution in [0.2, 0.25) is 0 Å². The van der Waals surface area contributed by atoms with Crippen molar-refractivity contribution >= 4 is 39.8 Å². The van der Waals surface area contributed by atoms with E-state index in [0.717, 1.165) is 26.8 Å². The third-order valence-electron chi connectivity index (χ3n) is 5.70. The van der Waals surface area contributed by atoms with Gasteiger partial charge in [0.1, 0.15) is 0 Å². The van der Waals surface area contributed by atoms with Crippen molar-refractivity contribution in [1.29, 1.82) is 0 Å². The van der Waals surface area contributed by atoms with Crippen LogP contribution in [0.25, 0.3) is 16.2 Å². The number of amides is 1. The van der Waals surface area contributed by atoms with Gasteiger partial charge in [0.05, 0.1) is 28.8 Å². The van der Waals surface area contributed by atoms with Gasteiger partial charge in [0.15, 0.2) is 16.6 Å². The molecule has 1 aromatic carbocycles. The smallest absolute Gasteiger partial charge is 0.475 e. The molecule has 0 saturated heterocycles. The number of halogens is 6. The number of anilines is 1. The van der Waals surface area contributed by atoms with Crippen molar-refractivity contribution in [3.8, 4) is 10.7 Å². The summed E-state index contributed by atoms with van der Waals surface area (Å²) in [6.45, 7) is 3.07. The van der Waals surface area contributed by atoms with Crippen molar-refractivity contribution in [3.05, 3.63) is 102 Å². The van der Waals surface area contributed by atoms with E-state index in [1.165, 1.54) is 16.9 Å². The molecule has 0 radical (unpaired) electrons. The lowest BCUT2D eigenvalue weighted by Gasteiger charge is -2.04. The molecule has 0 bridgehead atoms. The van der Waals surface area contributed by atoms with Crippen LogP contribution < -0.4 is 10.6 Å². The number of benzene rings is 1. The molecule has 1 amide bonds. The Morgan fingerprint density at radius 2 is 1.47 bits per heavy atom. The number of pyridine rings is 2. The number of nitrogens with zero attached hydrogens (tertiary/aromatic N) is 4. The van der Waals surface area contributed by atoms with Crippen LogP contribution in [0.3, 0.4) is 0 Å². The highest BCUT2D eigenvalue weighted by Gasteiger charge is 2.38. The van der Waals surface area contributed by atoms with E-state index < -0.39 is 24.3 Å². The second-order valence-corrected chi connectivity index (χ2v) is 10.2. The molecule has 5 aromatic rings. The van der Waals surface area contributed by atoms with E-state index in [-0.39, 0.29) is 5.91 Å². The van der Waals surface area contributed by atoms with Gasteiger partial charge >= 0.3 is 24.3 Å². The van der Waals surface area contributed by atoms with Crippen molar-refractivity contribution in [2.24, 2.45) is 0 Å². The van der Waals surface area contributed by atoms with E-state index in [1.807, 2.05) is 78.2 Å². The molecule has 47 heavy (non-hydrogen) atoms. The van der Waals surface area contributed by atoms with Crippen LogP contribution in [0.15, 0.2) is 79.3 Å². The van der Waals surface area contributed by atoms with Gasteiger partial charge in [-0.05, 0) is 36.8 Å². The predicted octanol–water partition coefficient (Wildman–Crippen LogP) is 5.97. The molecule has 4 N–H and O–H groups in total. The molecule has 5 rings (SSSR count). The third kappa shape index (κ3) is 10.8. The number of hydrogen-bond donors (Lipinski definition) is 4. The number of nitrogens with one attached hydrogen (secondary N) is 2. The molecule has 0 unspecified atom stereocenters. The number of alkyl halides is 6. The van der Waals surface area contributed by atoms with Crippen LogP contribution in [0, 0.1) is 6.92 Å². The van der Waals surface area contributed by atoms with Crippen LogP contribution >= 0.6 is 11.3 Å². The molecule has 0 aliphatic heterocycles. The van der Waals surface area contributed by atoms with Gasteiger partial charge in [-0.1, -0.05) is 53.3 Å². The second kappa shape index (κ2) is 15.7. The number of aromatic nitrogens is 4. The Bertz CT molecular complexity index is 1780. The summed E-state index contributed by atoms with van der Waals surface area (Å²) in [4.78, 5) is 45.1. The van der Waals surface area contributed by atoms with Crippen molar-refractivity contribution in [2.75, 3.05) is 5.32 Å². The SMILES string of the molecule is Cc1ccc(CNC(=O)c2nc(-c3cnc(NCc4ccccn4)s3)n3ccccc23)cc1.O=C(O)C(F)(F)F.O=C(O)C(F)(F)F. The molecule has 0 aliphatic carbocycles. The van der Waals surface area contributed by atoms with E-state index in [2.05, 4.69) is 20.6 Å². The molecular formula is C29H24F6N6O5S. The fourth-order valence-electron chi connectivity index (χ4n) is 3.48. The molecule has 0 atom stereocenters. The standard InChI is InChI=1S/C25H22N6OS.2C2HF3O2/c1-17-8-10-18(11-9-17)14-27-24(32)22-20-7-3-5-13-31(20)23(30-22)21-16-29-25(33-21)28-15-19-6-2-4-12-26-19;2*3-2(4,5)1(6)7/h2-13,16H,14-15H2,1H3,(H,27,32)(H,28,29);2*(H,6,7). The van der Waals surface area contributed by atoms with E-state index in [4.69, 9.17) is 24.8 Å². The highest BCUT2D eigenvalue weighted by atomic mass is 32.1. The molecule has 0 aliphatic rings. The predicted molar refractivity (Wildman–Crippen MR) is 158 cm³/mol. The number of carbonyl (C=O) groups excluding carboxylic acids is 1. The summed E-state index contributed by atoms with van der Waals surface area (Å²) in [5, 5.41) is 21.3. The maximum Gasteiger partial charge on any atom is 0.490 e. The Hall–Kier alpha value is -5.52. The maximum absolute atomic E-state index is 13.0. The summed E-state index contributed by atoms with van der Waals surface area (Å²) in [6, 6.07) is 19.7. The fraction of sp³-hybridized carbons (Fsp3) is 0.172. The Morgan fingerprint density at radius 3 is 2.04 bits per heavy atom. The number of rotatable bonds is 7. The van der Waals surface area contributed by atoms with Crippen molar-refractivity contribution in [3.63, 3.8) is 0 Å². The minimum atomic E-state index is -5.08. The normalized spacial score (nSPS) is 11.0. The molecular weight excluding hydrogens is 658 g/mol. The molecule has 4 aromatic heterocycles. The zero-order valence-electron chi connectivity index (χ0n) is 24.0. The lowest BCUT2D eigenvalue weighted by atomic mass is 10.1. The largest absolute Gasteiger partial charge is 0.490 e. The molecule has 18 heteroatoms. The van der Waals surface area contributed by atoms with Gasteiger partial charge in [-0.25, -0.2) is 19.6 Å². The van der Waals surface area contributed by atoms with Crippen LogP contribution in [0.5, 0.6) is 0 Å². The Kier molecular flexibility index (Phi) is 12.0. The Labute approximate surface area is 265 Å². The van der Waals surface area contributed by atoms with Crippen molar-refractivity contribution in [1.82, 2.24) is 24.7 Å². The first-order valence-electron chi connectivity index (χ1n) is 13.1. The first kappa shape index (κ1) is 36.0. The molecule has 11 nitrogen and oxygen atoms in total. The zero-order valence-corrected chi connectivity index (χ0v) is 24.8. The number of carboxylic acid groups (broad SMARTS) is 2. The quantitative estimate of drug-likeness (QED) is 0.152. The first-order chi connectivity index (χ1) is 22.1. The zero-order chi connectivity index (χ0) is 34.8. The van der Waals surface area contributed by atoms with Crippen LogP contribution in [0.1, 0.15) is 27.3 Å². The minimum absolute atomic E-state index is 0.205. The topological polar surface area (TPSA) is 159 Å². The molecule has 0 fully saturated rings. The lowest BCUT2D eigenvalue weighted by Crippen LogP contribution is -2.23. The number of fused-ring (bicyclic) bond motifs is 1. The second-order valence-electron chi connectivity index (χ2n) is 9.22. The fourth-order valence-corrected chi connectivity index (χ4v) is 4.28. The summed E-state index contributed by atoms with van der Waals surface area (Å²) in [5.41, 5.74) is 4.32. The monoisotopic (exact) mass is 682 g/mol. The maximum atomic E-state index is 13.0. The van der Waals surface area contributed by atoms with Gasteiger partial charge in [0.25, 0.3) is 5.91 Å².